The summed E-state index contributed by atoms with van der Waals surface area (Å²) in [5, 5.41) is 4.07. The van der Waals surface area contributed by atoms with Crippen molar-refractivity contribution in [1.82, 2.24) is 5.32 Å². The van der Waals surface area contributed by atoms with Crippen molar-refractivity contribution in [3.8, 4) is 11.5 Å². The Morgan fingerprint density at radius 2 is 1.74 bits per heavy atom. The number of unbranched alkanes of at least 4 members (excludes halogenated alkanes) is 5. The van der Waals surface area contributed by atoms with Crippen molar-refractivity contribution >= 4 is 24.0 Å². The molecule has 0 aromatic heterocycles. The Kier molecular flexibility index (Phi) is 13.4. The molecule has 0 fully saturated rings. The maximum Gasteiger partial charge on any atom is 0.179 e. The van der Waals surface area contributed by atoms with Crippen LogP contribution in [-0.4, -0.2) is 20.3 Å². The molecule has 23 heavy (non-hydrogen) atoms. The van der Waals surface area contributed by atoms with Crippen molar-refractivity contribution in [2.75, 3.05) is 20.3 Å². The highest BCUT2D eigenvalue weighted by Crippen LogP contribution is 2.36. The molecule has 0 aliphatic carbocycles. The minimum absolute atomic E-state index is 0. The minimum Gasteiger partial charge on any atom is -0.491 e. The second-order valence-electron chi connectivity index (χ2n) is 5.49. The van der Waals surface area contributed by atoms with Crippen LogP contribution in [0.5, 0.6) is 11.5 Å². The van der Waals surface area contributed by atoms with Crippen LogP contribution in [0.25, 0.3) is 0 Å². The summed E-state index contributed by atoms with van der Waals surface area (Å²) in [6, 6.07) is 3.94. The van der Waals surface area contributed by atoms with Crippen LogP contribution in [-0.2, 0) is 6.54 Å². The van der Waals surface area contributed by atoms with Gasteiger partial charge in [0.1, 0.15) is 0 Å². The fraction of sp³-hybridized carbons (Fsp3) is 0.667. The highest BCUT2D eigenvalue weighted by atomic mass is 35.5. The van der Waals surface area contributed by atoms with E-state index in [1.165, 1.54) is 38.5 Å². The molecule has 0 saturated heterocycles. The van der Waals surface area contributed by atoms with Gasteiger partial charge in [-0.3, -0.25) is 0 Å². The summed E-state index contributed by atoms with van der Waals surface area (Å²) in [6.07, 6.45) is 7.91. The Balaban J connectivity index is 0.00000484. The topological polar surface area (TPSA) is 30.5 Å². The van der Waals surface area contributed by atoms with Crippen LogP contribution in [0.1, 0.15) is 57.9 Å². The van der Waals surface area contributed by atoms with Gasteiger partial charge in [-0.15, -0.1) is 12.4 Å². The number of rotatable bonds is 12. The summed E-state index contributed by atoms with van der Waals surface area (Å²) in [5.74, 6) is 1.33. The van der Waals surface area contributed by atoms with Gasteiger partial charge in [0.15, 0.2) is 11.5 Å². The van der Waals surface area contributed by atoms with Crippen LogP contribution in [0.15, 0.2) is 12.1 Å². The summed E-state index contributed by atoms with van der Waals surface area (Å²) in [5.41, 5.74) is 1.13. The molecule has 5 heteroatoms. The van der Waals surface area contributed by atoms with Gasteiger partial charge < -0.3 is 14.8 Å². The van der Waals surface area contributed by atoms with E-state index in [2.05, 4.69) is 12.2 Å². The van der Waals surface area contributed by atoms with E-state index in [-0.39, 0.29) is 12.4 Å². The highest BCUT2D eigenvalue weighted by molar-refractivity contribution is 6.32. The number of halogens is 2. The Morgan fingerprint density at radius 3 is 2.39 bits per heavy atom. The summed E-state index contributed by atoms with van der Waals surface area (Å²) in [4.78, 5) is 0. The fourth-order valence-corrected chi connectivity index (χ4v) is 2.76. The van der Waals surface area contributed by atoms with Gasteiger partial charge in [-0.2, -0.15) is 0 Å². The summed E-state index contributed by atoms with van der Waals surface area (Å²) in [7, 11) is 1.61. The summed E-state index contributed by atoms with van der Waals surface area (Å²) < 4.78 is 10.9. The van der Waals surface area contributed by atoms with Crippen molar-refractivity contribution in [1.29, 1.82) is 0 Å². The molecule has 0 atom stereocenters. The lowest BCUT2D eigenvalue weighted by molar-refractivity contribution is 0.310. The Hall–Kier alpha value is -0.640. The molecule has 0 aliphatic heterocycles. The minimum atomic E-state index is 0. The normalized spacial score (nSPS) is 10.3. The molecule has 1 aromatic carbocycles. The largest absolute Gasteiger partial charge is 0.491 e. The first kappa shape index (κ1) is 22.4. The van der Waals surface area contributed by atoms with Gasteiger partial charge in [0.25, 0.3) is 0 Å². The number of hydrogen-bond donors (Lipinski definition) is 1. The van der Waals surface area contributed by atoms with Crippen LogP contribution in [0.4, 0.5) is 0 Å². The van der Waals surface area contributed by atoms with Gasteiger partial charge in [-0.05, 0) is 37.6 Å². The quantitative estimate of drug-likeness (QED) is 0.488. The predicted molar refractivity (Wildman–Crippen MR) is 102 cm³/mol. The van der Waals surface area contributed by atoms with Gasteiger partial charge in [0.05, 0.1) is 18.7 Å². The lowest BCUT2D eigenvalue weighted by Gasteiger charge is -2.13. The number of benzene rings is 1. The van der Waals surface area contributed by atoms with Crippen molar-refractivity contribution in [2.45, 2.75) is 58.9 Å². The zero-order chi connectivity index (χ0) is 16.2. The van der Waals surface area contributed by atoms with Crippen molar-refractivity contribution in [3.63, 3.8) is 0 Å². The average Bonchev–Trinajstić information content (AvgIpc) is 2.50. The number of hydrogen-bond acceptors (Lipinski definition) is 3. The molecule has 0 radical (unpaired) electrons. The van der Waals surface area contributed by atoms with Crippen molar-refractivity contribution in [2.24, 2.45) is 0 Å². The van der Waals surface area contributed by atoms with E-state index < -0.39 is 0 Å². The molecular weight excluding hydrogens is 333 g/mol. The second-order valence-corrected chi connectivity index (χ2v) is 5.89. The fourth-order valence-electron chi connectivity index (χ4n) is 2.45. The highest BCUT2D eigenvalue weighted by Gasteiger charge is 2.11. The molecule has 1 rings (SSSR count). The maximum absolute atomic E-state index is 6.25. The Bertz CT molecular complexity index is 428. The average molecular weight is 364 g/mol. The number of methoxy groups -OCH3 is 1. The van der Waals surface area contributed by atoms with E-state index in [0.29, 0.717) is 23.1 Å². The monoisotopic (exact) mass is 363 g/mol. The molecule has 0 saturated carbocycles. The van der Waals surface area contributed by atoms with Crippen LogP contribution in [0.3, 0.4) is 0 Å². The third kappa shape index (κ3) is 8.69. The lowest BCUT2D eigenvalue weighted by atomic mass is 10.1. The molecule has 0 amide bonds. The molecule has 0 spiro atoms. The van der Waals surface area contributed by atoms with E-state index in [4.69, 9.17) is 21.1 Å². The third-order valence-electron chi connectivity index (χ3n) is 3.61. The van der Waals surface area contributed by atoms with E-state index in [9.17, 15) is 0 Å². The van der Waals surface area contributed by atoms with Crippen LogP contribution in [0.2, 0.25) is 5.02 Å². The zero-order valence-corrected chi connectivity index (χ0v) is 16.2. The standard InChI is InChI=1S/C18H30ClNO2.ClH/c1-4-6-7-8-9-10-11-20-14-15-12-16(19)18(21-3)17(13-15)22-5-2;/h12-13,20H,4-11,14H2,1-3H3;1H. The summed E-state index contributed by atoms with van der Waals surface area (Å²) >= 11 is 6.25. The van der Waals surface area contributed by atoms with Crippen LogP contribution >= 0.6 is 24.0 Å². The van der Waals surface area contributed by atoms with E-state index in [1.54, 1.807) is 7.11 Å². The summed E-state index contributed by atoms with van der Waals surface area (Å²) in [6.45, 7) is 6.65. The molecular formula is C18H31Cl2NO2. The zero-order valence-electron chi connectivity index (χ0n) is 14.6. The Labute approximate surface area is 152 Å². The van der Waals surface area contributed by atoms with E-state index in [0.717, 1.165) is 18.7 Å². The van der Waals surface area contributed by atoms with Crippen molar-refractivity contribution < 1.29 is 9.47 Å². The first-order valence-corrected chi connectivity index (χ1v) is 8.80. The van der Waals surface area contributed by atoms with Crippen LogP contribution < -0.4 is 14.8 Å². The second kappa shape index (κ2) is 13.8. The molecule has 1 aromatic rings. The molecule has 134 valence electrons. The molecule has 0 heterocycles. The van der Waals surface area contributed by atoms with E-state index >= 15 is 0 Å². The first-order chi connectivity index (χ1) is 10.7. The van der Waals surface area contributed by atoms with Crippen LogP contribution in [0, 0.1) is 0 Å². The maximum atomic E-state index is 6.25. The molecule has 0 aliphatic rings. The third-order valence-corrected chi connectivity index (χ3v) is 3.89. The first-order valence-electron chi connectivity index (χ1n) is 8.42. The van der Waals surface area contributed by atoms with Gasteiger partial charge in [-0.25, -0.2) is 0 Å². The number of nitrogens with one attached hydrogen (secondary N) is 1. The predicted octanol–water partition coefficient (Wildman–Crippen LogP) is 5.62. The SMILES string of the molecule is CCCCCCCCNCc1cc(Cl)c(OC)c(OCC)c1.Cl. The smallest absolute Gasteiger partial charge is 0.179 e. The molecule has 3 nitrogen and oxygen atoms in total. The lowest BCUT2D eigenvalue weighted by Crippen LogP contribution is -2.14. The molecule has 1 N–H and O–H groups in total. The van der Waals surface area contributed by atoms with Crippen molar-refractivity contribution in [3.05, 3.63) is 22.7 Å². The van der Waals surface area contributed by atoms with Gasteiger partial charge in [0.2, 0.25) is 0 Å². The van der Waals surface area contributed by atoms with Gasteiger partial charge in [-0.1, -0.05) is 50.6 Å². The molecule has 0 bridgehead atoms. The molecule has 0 unspecified atom stereocenters. The van der Waals surface area contributed by atoms with Gasteiger partial charge in [0, 0.05) is 6.54 Å². The van der Waals surface area contributed by atoms with Gasteiger partial charge >= 0.3 is 0 Å². The Morgan fingerprint density at radius 1 is 1.04 bits per heavy atom. The number of ether oxygens (including phenoxy) is 2. The van der Waals surface area contributed by atoms with E-state index in [1.807, 2.05) is 19.1 Å².